The zero-order chi connectivity index (χ0) is 24.2. The Labute approximate surface area is 203 Å². The molecule has 1 N–H and O–H groups in total. The second-order valence-electron chi connectivity index (χ2n) is 8.23. The van der Waals surface area contributed by atoms with E-state index in [0.717, 1.165) is 28.7 Å². The standard InChI is InChI=1S/C28H23NO4S/c1-18-5-2-3-8-24(18)29-26(34)17-25(30)23(27(29)31)16-21-13-10-19(11-14-21)9-12-20-6-4-7-22(15-20)28(32)33/h2-8,10-11,13-16H,9,12,17H2,1H3,(H,32,33)/b23-16+. The van der Waals surface area contributed by atoms with Gasteiger partial charge in [0, 0.05) is 0 Å². The molecule has 5 nitrogen and oxygen atoms in total. The predicted molar refractivity (Wildman–Crippen MR) is 136 cm³/mol. The largest absolute Gasteiger partial charge is 0.478 e. The lowest BCUT2D eigenvalue weighted by atomic mass is 9.97. The topological polar surface area (TPSA) is 74.7 Å². The number of carbonyl (C=O) groups is 3. The summed E-state index contributed by atoms with van der Waals surface area (Å²) in [5.74, 6) is -1.62. The first-order valence-electron chi connectivity index (χ1n) is 10.9. The van der Waals surface area contributed by atoms with Gasteiger partial charge in [-0.3, -0.25) is 14.5 Å². The SMILES string of the molecule is Cc1ccccc1N1C(=O)/C(=C/c2ccc(CCc3cccc(C(=O)O)c3)cc2)C(=O)CC1=S. The number of hydrogen-bond donors (Lipinski definition) is 1. The van der Waals surface area contributed by atoms with E-state index in [9.17, 15) is 14.4 Å². The molecule has 1 saturated heterocycles. The minimum absolute atomic E-state index is 0.0226. The smallest absolute Gasteiger partial charge is 0.335 e. The van der Waals surface area contributed by atoms with Crippen LogP contribution in [0.15, 0.2) is 78.4 Å². The van der Waals surface area contributed by atoms with E-state index in [1.54, 1.807) is 24.3 Å². The molecule has 0 bridgehead atoms. The van der Waals surface area contributed by atoms with Crippen LogP contribution in [0.4, 0.5) is 5.69 Å². The molecule has 0 unspecified atom stereocenters. The van der Waals surface area contributed by atoms with Gasteiger partial charge < -0.3 is 5.11 Å². The monoisotopic (exact) mass is 469 g/mol. The van der Waals surface area contributed by atoms with Crippen molar-refractivity contribution in [1.82, 2.24) is 0 Å². The van der Waals surface area contributed by atoms with Crippen LogP contribution in [0.3, 0.4) is 0 Å². The van der Waals surface area contributed by atoms with Crippen molar-refractivity contribution in [2.24, 2.45) is 0 Å². The molecular weight excluding hydrogens is 446 g/mol. The minimum atomic E-state index is -0.937. The summed E-state index contributed by atoms with van der Waals surface area (Å²) >= 11 is 5.37. The highest BCUT2D eigenvalue weighted by Crippen LogP contribution is 2.28. The van der Waals surface area contributed by atoms with E-state index in [-0.39, 0.29) is 23.3 Å². The number of benzene rings is 3. The van der Waals surface area contributed by atoms with E-state index in [1.165, 1.54) is 4.90 Å². The van der Waals surface area contributed by atoms with E-state index in [1.807, 2.05) is 61.5 Å². The Hall–Kier alpha value is -3.90. The average molecular weight is 470 g/mol. The summed E-state index contributed by atoms with van der Waals surface area (Å²) in [6.07, 6.45) is 3.10. The number of carbonyl (C=O) groups excluding carboxylic acids is 2. The van der Waals surface area contributed by atoms with Gasteiger partial charge in [-0.1, -0.05) is 66.8 Å². The van der Waals surface area contributed by atoms with Crippen LogP contribution >= 0.6 is 12.2 Å². The number of ketones is 1. The van der Waals surface area contributed by atoms with Crippen LogP contribution in [0, 0.1) is 6.92 Å². The molecule has 0 aliphatic carbocycles. The number of nitrogens with zero attached hydrogens (tertiary/aromatic N) is 1. The molecule has 170 valence electrons. The molecule has 1 heterocycles. The Morgan fingerprint density at radius 3 is 2.38 bits per heavy atom. The van der Waals surface area contributed by atoms with Crippen molar-refractivity contribution < 1.29 is 19.5 Å². The van der Waals surface area contributed by atoms with Crippen molar-refractivity contribution in [1.29, 1.82) is 0 Å². The third-order valence-corrected chi connectivity index (χ3v) is 6.15. The van der Waals surface area contributed by atoms with Crippen LogP contribution in [0.1, 0.15) is 39.0 Å². The van der Waals surface area contributed by atoms with Crippen LogP contribution < -0.4 is 4.90 Å². The Balaban J connectivity index is 1.51. The van der Waals surface area contributed by atoms with Gasteiger partial charge in [0.25, 0.3) is 5.91 Å². The summed E-state index contributed by atoms with van der Waals surface area (Å²) in [5.41, 5.74) is 4.79. The highest BCUT2D eigenvalue weighted by molar-refractivity contribution is 7.80. The lowest BCUT2D eigenvalue weighted by molar-refractivity contribution is -0.120. The van der Waals surface area contributed by atoms with E-state index < -0.39 is 11.9 Å². The van der Waals surface area contributed by atoms with E-state index >= 15 is 0 Å². The van der Waals surface area contributed by atoms with Crippen LogP contribution in [0.2, 0.25) is 0 Å². The summed E-state index contributed by atoms with van der Waals surface area (Å²) < 4.78 is 0. The first kappa shape index (κ1) is 23.3. The lowest BCUT2D eigenvalue weighted by Gasteiger charge is -2.29. The van der Waals surface area contributed by atoms with Gasteiger partial charge in [-0.15, -0.1) is 0 Å². The van der Waals surface area contributed by atoms with Crippen molar-refractivity contribution >= 4 is 46.6 Å². The Kier molecular flexibility index (Phi) is 6.80. The first-order chi connectivity index (χ1) is 16.3. The molecule has 4 rings (SSSR count). The number of rotatable bonds is 6. The number of amides is 1. The number of carboxylic acid groups (broad SMARTS) is 1. The summed E-state index contributed by atoms with van der Waals surface area (Å²) in [7, 11) is 0. The maximum Gasteiger partial charge on any atom is 0.335 e. The quantitative estimate of drug-likeness (QED) is 0.305. The molecule has 0 saturated carbocycles. The number of aromatic carboxylic acids is 1. The van der Waals surface area contributed by atoms with Gasteiger partial charge in [0.05, 0.1) is 28.2 Å². The fourth-order valence-corrected chi connectivity index (χ4v) is 4.27. The number of carboxylic acids is 1. The van der Waals surface area contributed by atoms with Crippen molar-refractivity contribution in [2.45, 2.75) is 26.2 Å². The molecular formula is C28H23NO4S. The van der Waals surface area contributed by atoms with Crippen LogP contribution in [0.25, 0.3) is 6.08 Å². The minimum Gasteiger partial charge on any atom is -0.478 e. The van der Waals surface area contributed by atoms with Crippen molar-refractivity contribution in [2.75, 3.05) is 4.90 Å². The highest BCUT2D eigenvalue weighted by Gasteiger charge is 2.35. The van der Waals surface area contributed by atoms with E-state index in [2.05, 4.69) is 0 Å². The molecule has 0 radical (unpaired) electrons. The molecule has 1 amide bonds. The molecule has 34 heavy (non-hydrogen) atoms. The van der Waals surface area contributed by atoms with Gasteiger partial charge in [0.15, 0.2) is 5.78 Å². The van der Waals surface area contributed by atoms with Gasteiger partial charge in [-0.05, 0) is 66.3 Å². The number of Topliss-reactive ketones (excluding diaryl/α,β-unsaturated/α-hetero) is 1. The Bertz CT molecular complexity index is 1320. The maximum absolute atomic E-state index is 13.2. The summed E-state index contributed by atoms with van der Waals surface area (Å²) in [6, 6.07) is 22.1. The Morgan fingerprint density at radius 2 is 1.68 bits per heavy atom. The number of para-hydroxylation sites is 1. The van der Waals surface area contributed by atoms with Crippen molar-refractivity contribution in [3.05, 3.63) is 106 Å². The van der Waals surface area contributed by atoms with E-state index in [0.29, 0.717) is 17.1 Å². The third kappa shape index (κ3) is 5.02. The molecule has 1 aliphatic rings. The van der Waals surface area contributed by atoms with Crippen molar-refractivity contribution in [3.8, 4) is 0 Å². The summed E-state index contributed by atoms with van der Waals surface area (Å²) in [5, 5.41) is 9.14. The van der Waals surface area contributed by atoms with Crippen LogP contribution in [-0.2, 0) is 22.4 Å². The second kappa shape index (κ2) is 9.93. The van der Waals surface area contributed by atoms with E-state index in [4.69, 9.17) is 17.3 Å². The number of aryl methyl sites for hydroxylation is 3. The first-order valence-corrected chi connectivity index (χ1v) is 11.3. The Morgan fingerprint density at radius 1 is 0.971 bits per heavy atom. The van der Waals surface area contributed by atoms with Crippen LogP contribution in [-0.4, -0.2) is 27.8 Å². The molecule has 1 fully saturated rings. The molecule has 3 aromatic rings. The molecule has 3 aromatic carbocycles. The summed E-state index contributed by atoms with van der Waals surface area (Å²) in [6.45, 7) is 1.90. The fourth-order valence-electron chi connectivity index (χ4n) is 3.96. The normalized spacial score (nSPS) is 15.1. The predicted octanol–water partition coefficient (Wildman–Crippen LogP) is 5.20. The number of piperidine rings is 1. The van der Waals surface area contributed by atoms with Gasteiger partial charge in [0.2, 0.25) is 0 Å². The second-order valence-corrected chi connectivity index (χ2v) is 8.70. The lowest BCUT2D eigenvalue weighted by Crippen LogP contribution is -2.44. The zero-order valence-electron chi connectivity index (χ0n) is 18.7. The molecule has 1 aliphatic heterocycles. The highest BCUT2D eigenvalue weighted by atomic mass is 32.1. The summed E-state index contributed by atoms with van der Waals surface area (Å²) in [4.78, 5) is 38.8. The van der Waals surface area contributed by atoms with Gasteiger partial charge in [-0.25, -0.2) is 4.79 Å². The van der Waals surface area contributed by atoms with Gasteiger partial charge >= 0.3 is 5.97 Å². The number of thiocarbonyl (C=S) groups is 1. The van der Waals surface area contributed by atoms with Gasteiger partial charge in [0.1, 0.15) is 0 Å². The number of hydrogen-bond acceptors (Lipinski definition) is 4. The molecule has 6 heteroatoms. The molecule has 0 aromatic heterocycles. The zero-order valence-corrected chi connectivity index (χ0v) is 19.5. The van der Waals surface area contributed by atoms with Gasteiger partial charge in [-0.2, -0.15) is 0 Å². The maximum atomic E-state index is 13.2. The van der Waals surface area contributed by atoms with Crippen molar-refractivity contribution in [3.63, 3.8) is 0 Å². The number of anilines is 1. The third-order valence-electron chi connectivity index (χ3n) is 5.82. The molecule has 0 atom stereocenters. The fraction of sp³-hybridized carbons (Fsp3) is 0.143. The molecule has 0 spiro atoms. The van der Waals surface area contributed by atoms with Crippen LogP contribution in [0.5, 0.6) is 0 Å². The average Bonchev–Trinajstić information content (AvgIpc) is 2.82.